The van der Waals surface area contributed by atoms with E-state index in [1.807, 2.05) is 69.2 Å². The molecule has 7 heteroatoms. The molecule has 170 valence electrons. The van der Waals surface area contributed by atoms with Crippen LogP contribution in [-0.2, 0) is 9.59 Å². The van der Waals surface area contributed by atoms with Gasteiger partial charge >= 0.3 is 0 Å². The van der Waals surface area contributed by atoms with Gasteiger partial charge in [0.05, 0.1) is 18.2 Å². The minimum absolute atomic E-state index is 0.0972. The van der Waals surface area contributed by atoms with E-state index in [-0.39, 0.29) is 11.3 Å². The zero-order valence-electron chi connectivity index (χ0n) is 19.3. The Morgan fingerprint density at radius 2 is 1.75 bits per heavy atom. The number of benzene rings is 2. The van der Waals surface area contributed by atoms with Crippen molar-refractivity contribution in [1.29, 1.82) is 0 Å². The molecule has 2 aromatic rings. The number of ether oxygens (including phenoxy) is 1. The molecule has 1 aliphatic rings. The molecule has 1 saturated heterocycles. The second kappa shape index (κ2) is 9.87. The number of hydrogen-bond donors (Lipinski definition) is 1. The van der Waals surface area contributed by atoms with Gasteiger partial charge in [-0.1, -0.05) is 24.3 Å². The number of aliphatic hydroxyl groups excluding tert-OH is 1. The summed E-state index contributed by atoms with van der Waals surface area (Å²) >= 11 is 0. The van der Waals surface area contributed by atoms with Crippen LogP contribution < -0.4 is 9.64 Å². The number of ketones is 1. The lowest BCUT2D eigenvalue weighted by atomic mass is 9.95. The predicted molar refractivity (Wildman–Crippen MR) is 126 cm³/mol. The van der Waals surface area contributed by atoms with Crippen molar-refractivity contribution in [3.05, 3.63) is 65.2 Å². The Hall–Kier alpha value is -3.32. The van der Waals surface area contributed by atoms with E-state index in [1.165, 1.54) is 0 Å². The van der Waals surface area contributed by atoms with Crippen LogP contribution in [-0.4, -0.2) is 74.5 Å². The number of likely N-dealkylation sites (N-methyl/N-ethyl adjacent to an activating group) is 1. The summed E-state index contributed by atoms with van der Waals surface area (Å²) in [6.45, 7) is 3.32. The number of anilines is 1. The van der Waals surface area contributed by atoms with Crippen molar-refractivity contribution in [2.75, 3.05) is 52.8 Å². The van der Waals surface area contributed by atoms with E-state index in [9.17, 15) is 14.7 Å². The van der Waals surface area contributed by atoms with E-state index in [1.54, 1.807) is 29.2 Å². The van der Waals surface area contributed by atoms with Crippen molar-refractivity contribution >= 4 is 23.1 Å². The summed E-state index contributed by atoms with van der Waals surface area (Å²) < 4.78 is 5.53. The van der Waals surface area contributed by atoms with Gasteiger partial charge in [-0.3, -0.25) is 9.59 Å². The molecule has 1 aliphatic heterocycles. The second-order valence-corrected chi connectivity index (χ2v) is 8.24. The molecule has 1 atom stereocenters. The van der Waals surface area contributed by atoms with E-state index < -0.39 is 17.7 Å². The maximum absolute atomic E-state index is 13.1. The lowest BCUT2D eigenvalue weighted by molar-refractivity contribution is -0.140. The van der Waals surface area contributed by atoms with E-state index in [2.05, 4.69) is 0 Å². The first-order valence-corrected chi connectivity index (χ1v) is 10.7. The summed E-state index contributed by atoms with van der Waals surface area (Å²) in [5.41, 5.74) is 2.32. The lowest BCUT2D eigenvalue weighted by Crippen LogP contribution is -2.35. The summed E-state index contributed by atoms with van der Waals surface area (Å²) in [7, 11) is 7.72. The molecule has 32 heavy (non-hydrogen) atoms. The summed E-state index contributed by atoms with van der Waals surface area (Å²) in [5, 5.41) is 11.2. The molecule has 0 saturated carbocycles. The molecule has 2 aromatic carbocycles. The van der Waals surface area contributed by atoms with E-state index in [0.29, 0.717) is 31.0 Å². The molecular formula is C25H31N3O4. The molecule has 0 spiro atoms. The van der Waals surface area contributed by atoms with Crippen LogP contribution in [0.1, 0.15) is 24.1 Å². The summed E-state index contributed by atoms with van der Waals surface area (Å²) in [6, 6.07) is 13.9. The molecule has 0 bridgehead atoms. The number of aliphatic hydroxyl groups is 1. The van der Waals surface area contributed by atoms with E-state index >= 15 is 0 Å². The van der Waals surface area contributed by atoms with Crippen LogP contribution in [0, 0.1) is 0 Å². The van der Waals surface area contributed by atoms with E-state index in [4.69, 9.17) is 4.74 Å². The molecule has 0 aliphatic carbocycles. The van der Waals surface area contributed by atoms with Crippen LogP contribution in [0.4, 0.5) is 5.69 Å². The van der Waals surface area contributed by atoms with Crippen LogP contribution in [0.15, 0.2) is 54.1 Å². The molecule has 0 radical (unpaired) electrons. The van der Waals surface area contributed by atoms with Gasteiger partial charge in [0.15, 0.2) is 0 Å². The SMILES string of the molecule is CCOc1cccc(/C(O)=C2/C(=O)C(=O)N(CCN(C)C)C2c2ccc(N(C)C)cc2)c1. The van der Waals surface area contributed by atoms with Crippen molar-refractivity contribution in [2.24, 2.45) is 0 Å². The van der Waals surface area contributed by atoms with Crippen molar-refractivity contribution in [3.8, 4) is 5.75 Å². The standard InChI is InChI=1S/C25H31N3O4/c1-6-32-20-9-7-8-18(16-20)23(29)21-22(17-10-12-19(13-11-17)27(4)5)28(15-14-26(2)3)25(31)24(21)30/h7-13,16,22,29H,6,14-15H2,1-5H3/b23-21-. The van der Waals surface area contributed by atoms with Crippen LogP contribution >= 0.6 is 0 Å². The Labute approximate surface area is 189 Å². The molecule has 1 unspecified atom stereocenters. The highest BCUT2D eigenvalue weighted by molar-refractivity contribution is 6.46. The molecule has 7 nitrogen and oxygen atoms in total. The molecular weight excluding hydrogens is 406 g/mol. The lowest BCUT2D eigenvalue weighted by Gasteiger charge is -2.27. The number of likely N-dealkylation sites (tertiary alicyclic amines) is 1. The van der Waals surface area contributed by atoms with Crippen LogP contribution in [0.5, 0.6) is 5.75 Å². The van der Waals surface area contributed by atoms with Crippen molar-refractivity contribution in [2.45, 2.75) is 13.0 Å². The minimum Gasteiger partial charge on any atom is -0.507 e. The minimum atomic E-state index is -0.676. The predicted octanol–water partition coefficient (Wildman–Crippen LogP) is 3.13. The van der Waals surface area contributed by atoms with Crippen molar-refractivity contribution in [3.63, 3.8) is 0 Å². The Balaban J connectivity index is 2.12. The largest absolute Gasteiger partial charge is 0.507 e. The molecule has 0 aromatic heterocycles. The third-order valence-electron chi connectivity index (χ3n) is 5.47. The Morgan fingerprint density at radius 3 is 2.34 bits per heavy atom. The van der Waals surface area contributed by atoms with Crippen molar-refractivity contribution in [1.82, 2.24) is 9.80 Å². The van der Waals surface area contributed by atoms with Gasteiger partial charge in [0.1, 0.15) is 11.5 Å². The van der Waals surface area contributed by atoms with Gasteiger partial charge < -0.3 is 24.5 Å². The highest BCUT2D eigenvalue weighted by atomic mass is 16.5. The fourth-order valence-electron chi connectivity index (χ4n) is 3.78. The van der Waals surface area contributed by atoms with Gasteiger partial charge in [0.2, 0.25) is 0 Å². The average Bonchev–Trinajstić information content (AvgIpc) is 3.02. The first-order valence-electron chi connectivity index (χ1n) is 10.7. The van der Waals surface area contributed by atoms with Crippen LogP contribution in [0.25, 0.3) is 5.76 Å². The van der Waals surface area contributed by atoms with Gasteiger partial charge in [-0.25, -0.2) is 0 Å². The molecule has 1 amide bonds. The van der Waals surface area contributed by atoms with Crippen LogP contribution in [0.3, 0.4) is 0 Å². The maximum atomic E-state index is 13.1. The molecule has 1 fully saturated rings. The molecule has 1 heterocycles. The van der Waals surface area contributed by atoms with Gasteiger partial charge in [-0.2, -0.15) is 0 Å². The number of amides is 1. The first-order chi connectivity index (χ1) is 15.2. The zero-order chi connectivity index (χ0) is 23.4. The summed E-state index contributed by atoms with van der Waals surface area (Å²) in [6.07, 6.45) is 0. The van der Waals surface area contributed by atoms with E-state index in [0.717, 1.165) is 11.3 Å². The quantitative estimate of drug-likeness (QED) is 0.389. The fourth-order valence-corrected chi connectivity index (χ4v) is 3.78. The maximum Gasteiger partial charge on any atom is 0.295 e. The van der Waals surface area contributed by atoms with Gasteiger partial charge in [-0.05, 0) is 50.8 Å². The monoisotopic (exact) mass is 437 g/mol. The second-order valence-electron chi connectivity index (χ2n) is 8.24. The number of hydrogen-bond acceptors (Lipinski definition) is 6. The third-order valence-corrected chi connectivity index (χ3v) is 5.47. The Kier molecular flexibility index (Phi) is 7.20. The highest BCUT2D eigenvalue weighted by Crippen LogP contribution is 2.40. The van der Waals surface area contributed by atoms with Gasteiger partial charge in [-0.15, -0.1) is 0 Å². The Bertz CT molecular complexity index is 1010. The fraction of sp³-hybridized carbons (Fsp3) is 0.360. The summed E-state index contributed by atoms with van der Waals surface area (Å²) in [4.78, 5) is 31.5. The molecule has 1 N–H and O–H groups in total. The number of Topliss-reactive ketones (excluding diaryl/α,β-unsaturated/α-hetero) is 1. The van der Waals surface area contributed by atoms with Gasteiger partial charge in [0.25, 0.3) is 11.7 Å². The van der Waals surface area contributed by atoms with Crippen molar-refractivity contribution < 1.29 is 19.4 Å². The number of rotatable bonds is 8. The third kappa shape index (κ3) is 4.78. The average molecular weight is 438 g/mol. The topological polar surface area (TPSA) is 73.3 Å². The number of nitrogens with zero attached hydrogens (tertiary/aromatic N) is 3. The summed E-state index contributed by atoms with van der Waals surface area (Å²) in [5.74, 6) is -0.884. The highest BCUT2D eigenvalue weighted by Gasteiger charge is 2.45. The first kappa shape index (κ1) is 23.3. The van der Waals surface area contributed by atoms with Crippen LogP contribution in [0.2, 0.25) is 0 Å². The normalized spacial score (nSPS) is 17.8. The zero-order valence-corrected chi connectivity index (χ0v) is 19.3. The molecule has 3 rings (SSSR count). The van der Waals surface area contributed by atoms with Gasteiger partial charge in [0, 0.05) is 38.4 Å². The number of carbonyl (C=O) groups excluding carboxylic acids is 2. The Morgan fingerprint density at radius 1 is 1.06 bits per heavy atom. The number of carbonyl (C=O) groups is 2. The smallest absolute Gasteiger partial charge is 0.295 e.